The van der Waals surface area contributed by atoms with Crippen LogP contribution >= 0.6 is 0 Å². The average molecular weight is 417 g/mol. The molecule has 0 bridgehead atoms. The molecule has 2 heterocycles. The number of aryl methyl sites for hydroxylation is 2. The number of ether oxygens (including phenoxy) is 2. The van der Waals surface area contributed by atoms with E-state index in [1.165, 1.54) is 14.0 Å². The molecule has 0 radical (unpaired) electrons. The van der Waals surface area contributed by atoms with Gasteiger partial charge in [0.2, 0.25) is 0 Å². The third-order valence-corrected chi connectivity index (χ3v) is 5.23. The van der Waals surface area contributed by atoms with Crippen molar-refractivity contribution >= 4 is 34.2 Å². The van der Waals surface area contributed by atoms with E-state index < -0.39 is 6.09 Å². The molecule has 2 aromatic heterocycles. The first kappa shape index (κ1) is 20.4. The number of esters is 1. The number of amides is 1. The summed E-state index contributed by atoms with van der Waals surface area (Å²) < 4.78 is 12.1. The monoisotopic (exact) mass is 417 g/mol. The number of nitrogens with one attached hydrogen (secondary N) is 1. The van der Waals surface area contributed by atoms with E-state index in [-0.39, 0.29) is 12.6 Å². The van der Waals surface area contributed by atoms with Crippen LogP contribution in [0.5, 0.6) is 0 Å². The maximum Gasteiger partial charge on any atom is 0.411 e. The molecule has 0 aliphatic rings. The molecule has 0 spiro atoms. The summed E-state index contributed by atoms with van der Waals surface area (Å²) in [5, 5.41) is 4.55. The SMILES string of the molecule is COC(=O)Nc1ccc2cc(C)n3c(COC(C)=O)c(-c4ccccc4C)nc3c2c1. The largest absolute Gasteiger partial charge is 0.459 e. The predicted octanol–water partition coefficient (Wildman–Crippen LogP) is 5.01. The summed E-state index contributed by atoms with van der Waals surface area (Å²) in [5.41, 5.74) is 5.91. The second kappa shape index (κ2) is 8.10. The zero-order valence-electron chi connectivity index (χ0n) is 17.9. The van der Waals surface area contributed by atoms with Crippen molar-refractivity contribution in [2.24, 2.45) is 0 Å². The van der Waals surface area contributed by atoms with Gasteiger partial charge in [0.05, 0.1) is 18.5 Å². The Bertz CT molecular complexity index is 1320. The van der Waals surface area contributed by atoms with Crippen LogP contribution in [0.1, 0.15) is 23.9 Å². The summed E-state index contributed by atoms with van der Waals surface area (Å²) in [6.07, 6.45) is -0.540. The molecule has 31 heavy (non-hydrogen) atoms. The molecule has 0 saturated carbocycles. The third kappa shape index (κ3) is 3.82. The second-order valence-electron chi connectivity index (χ2n) is 7.37. The van der Waals surface area contributed by atoms with Crippen molar-refractivity contribution < 1.29 is 19.1 Å². The van der Waals surface area contributed by atoms with Gasteiger partial charge < -0.3 is 9.47 Å². The van der Waals surface area contributed by atoms with Gasteiger partial charge in [0, 0.05) is 29.3 Å². The molecule has 0 fully saturated rings. The number of methoxy groups -OCH3 is 1. The van der Waals surface area contributed by atoms with Crippen molar-refractivity contribution in [2.45, 2.75) is 27.4 Å². The fourth-order valence-corrected chi connectivity index (χ4v) is 3.78. The Morgan fingerprint density at radius 1 is 1.10 bits per heavy atom. The number of pyridine rings is 1. The van der Waals surface area contributed by atoms with E-state index in [9.17, 15) is 9.59 Å². The van der Waals surface area contributed by atoms with Crippen LogP contribution in [-0.4, -0.2) is 28.6 Å². The smallest absolute Gasteiger partial charge is 0.411 e. The first-order valence-electron chi connectivity index (χ1n) is 9.88. The van der Waals surface area contributed by atoms with Gasteiger partial charge in [0.15, 0.2) is 0 Å². The highest BCUT2D eigenvalue weighted by atomic mass is 16.5. The Morgan fingerprint density at radius 2 is 1.87 bits per heavy atom. The van der Waals surface area contributed by atoms with Gasteiger partial charge in [-0.1, -0.05) is 30.3 Å². The molecular weight excluding hydrogens is 394 g/mol. The van der Waals surface area contributed by atoms with E-state index in [4.69, 9.17) is 14.5 Å². The van der Waals surface area contributed by atoms with Gasteiger partial charge in [0.1, 0.15) is 12.3 Å². The molecule has 158 valence electrons. The standard InChI is InChI=1S/C24H23N3O4/c1-14-7-5-6-8-19(14)22-21(13-31-16(3)28)27-15(2)11-17-9-10-18(25-24(29)30-4)12-20(17)23(27)26-22/h5-12H,13H2,1-4H3,(H,25,29). The lowest BCUT2D eigenvalue weighted by atomic mass is 10.0. The first-order chi connectivity index (χ1) is 14.9. The number of hydrogen-bond acceptors (Lipinski definition) is 5. The Labute approximate surface area is 179 Å². The summed E-state index contributed by atoms with van der Waals surface area (Å²) in [7, 11) is 1.32. The molecule has 1 N–H and O–H groups in total. The lowest BCUT2D eigenvalue weighted by molar-refractivity contribution is -0.142. The minimum atomic E-state index is -0.540. The number of aromatic nitrogens is 2. The topological polar surface area (TPSA) is 81.9 Å². The number of benzene rings is 2. The highest BCUT2D eigenvalue weighted by Crippen LogP contribution is 2.33. The quantitative estimate of drug-likeness (QED) is 0.472. The highest BCUT2D eigenvalue weighted by molar-refractivity contribution is 5.99. The minimum Gasteiger partial charge on any atom is -0.459 e. The number of nitrogens with zero attached hydrogens (tertiary/aromatic N) is 2. The average Bonchev–Trinajstić information content (AvgIpc) is 3.13. The van der Waals surface area contributed by atoms with Gasteiger partial charge >= 0.3 is 12.1 Å². The lowest BCUT2D eigenvalue weighted by Crippen LogP contribution is -2.10. The maximum atomic E-state index is 11.7. The summed E-state index contributed by atoms with van der Waals surface area (Å²) in [4.78, 5) is 28.2. The zero-order chi connectivity index (χ0) is 22.1. The van der Waals surface area contributed by atoms with Gasteiger partial charge in [-0.15, -0.1) is 0 Å². The van der Waals surface area contributed by atoms with E-state index in [0.717, 1.165) is 44.6 Å². The number of hydrogen-bond donors (Lipinski definition) is 1. The number of carbonyl (C=O) groups is 2. The van der Waals surface area contributed by atoms with E-state index in [1.54, 1.807) is 0 Å². The Balaban J connectivity index is 2.01. The van der Waals surface area contributed by atoms with Crippen LogP contribution in [0.3, 0.4) is 0 Å². The van der Waals surface area contributed by atoms with Gasteiger partial charge in [0.25, 0.3) is 0 Å². The number of carbonyl (C=O) groups excluding carboxylic acids is 2. The molecule has 2 aromatic carbocycles. The van der Waals surface area contributed by atoms with Crippen LogP contribution in [-0.2, 0) is 20.9 Å². The molecule has 0 unspecified atom stereocenters. The van der Waals surface area contributed by atoms with Crippen molar-refractivity contribution in [3.8, 4) is 11.3 Å². The predicted molar refractivity (Wildman–Crippen MR) is 119 cm³/mol. The maximum absolute atomic E-state index is 11.7. The van der Waals surface area contributed by atoms with E-state index >= 15 is 0 Å². The summed E-state index contributed by atoms with van der Waals surface area (Å²) >= 11 is 0. The number of rotatable bonds is 4. The molecule has 4 rings (SSSR count). The molecule has 0 aliphatic carbocycles. The normalized spacial score (nSPS) is 11.0. The fourth-order valence-electron chi connectivity index (χ4n) is 3.78. The molecule has 7 heteroatoms. The van der Waals surface area contributed by atoms with Crippen molar-refractivity contribution in [3.05, 3.63) is 65.5 Å². The van der Waals surface area contributed by atoms with Gasteiger partial charge in [-0.25, -0.2) is 9.78 Å². The Morgan fingerprint density at radius 3 is 2.58 bits per heavy atom. The van der Waals surface area contributed by atoms with Crippen LogP contribution in [0.2, 0.25) is 0 Å². The Kier molecular flexibility index (Phi) is 5.33. The number of fused-ring (bicyclic) bond motifs is 3. The van der Waals surface area contributed by atoms with Crippen LogP contribution in [0, 0.1) is 13.8 Å². The molecule has 1 amide bonds. The van der Waals surface area contributed by atoms with Crippen molar-refractivity contribution in [3.63, 3.8) is 0 Å². The van der Waals surface area contributed by atoms with Crippen LogP contribution in [0.15, 0.2) is 48.5 Å². The van der Waals surface area contributed by atoms with Gasteiger partial charge in [-0.05, 0) is 43.0 Å². The van der Waals surface area contributed by atoms with Crippen molar-refractivity contribution in [2.75, 3.05) is 12.4 Å². The second-order valence-corrected chi connectivity index (χ2v) is 7.37. The highest BCUT2D eigenvalue weighted by Gasteiger charge is 2.20. The molecular formula is C24H23N3O4. The lowest BCUT2D eigenvalue weighted by Gasteiger charge is -2.11. The van der Waals surface area contributed by atoms with Crippen LogP contribution < -0.4 is 5.32 Å². The minimum absolute atomic E-state index is 0.104. The van der Waals surface area contributed by atoms with E-state index in [0.29, 0.717) is 5.69 Å². The number of anilines is 1. The molecule has 0 saturated heterocycles. The summed E-state index contributed by atoms with van der Waals surface area (Å²) in [5.74, 6) is -0.353. The molecule has 4 aromatic rings. The van der Waals surface area contributed by atoms with Gasteiger partial charge in [-0.2, -0.15) is 0 Å². The third-order valence-electron chi connectivity index (χ3n) is 5.23. The molecule has 0 aliphatic heterocycles. The fraction of sp³-hybridized carbons (Fsp3) is 0.208. The molecule has 0 atom stereocenters. The zero-order valence-corrected chi connectivity index (χ0v) is 17.9. The summed E-state index contributed by atoms with van der Waals surface area (Å²) in [6.45, 7) is 5.52. The van der Waals surface area contributed by atoms with Crippen molar-refractivity contribution in [1.29, 1.82) is 0 Å². The van der Waals surface area contributed by atoms with Crippen LogP contribution in [0.25, 0.3) is 27.7 Å². The molecule has 7 nitrogen and oxygen atoms in total. The van der Waals surface area contributed by atoms with E-state index in [2.05, 4.69) is 5.32 Å². The van der Waals surface area contributed by atoms with E-state index in [1.807, 2.05) is 66.8 Å². The number of imidazole rings is 1. The van der Waals surface area contributed by atoms with Gasteiger partial charge in [-0.3, -0.25) is 14.5 Å². The Hall–Kier alpha value is -3.87. The van der Waals surface area contributed by atoms with Crippen LogP contribution in [0.4, 0.5) is 10.5 Å². The summed E-state index contributed by atoms with van der Waals surface area (Å²) in [6, 6.07) is 15.6. The van der Waals surface area contributed by atoms with Crippen molar-refractivity contribution in [1.82, 2.24) is 9.38 Å². The first-order valence-corrected chi connectivity index (χ1v) is 9.88.